The average Bonchev–Trinajstić information content (AvgIpc) is 2.35. The van der Waals surface area contributed by atoms with Gasteiger partial charge in [0.1, 0.15) is 6.04 Å². The van der Waals surface area contributed by atoms with E-state index in [2.05, 4.69) is 21.0 Å². The number of halogens is 1. The van der Waals surface area contributed by atoms with E-state index < -0.39 is 12.0 Å². The van der Waals surface area contributed by atoms with Crippen molar-refractivity contribution in [3.63, 3.8) is 0 Å². The summed E-state index contributed by atoms with van der Waals surface area (Å²) in [6, 6.07) is -0.883. The minimum atomic E-state index is -1.01. The summed E-state index contributed by atoms with van der Waals surface area (Å²) in [7, 11) is 1.74. The maximum atomic E-state index is 10.5. The zero-order valence-electron chi connectivity index (χ0n) is 7.07. The molecule has 1 aromatic heterocycles. The van der Waals surface area contributed by atoms with Gasteiger partial charge in [0.25, 0.3) is 0 Å². The van der Waals surface area contributed by atoms with Gasteiger partial charge < -0.3 is 10.8 Å². The Kier molecular flexibility index (Phi) is 3.05. The van der Waals surface area contributed by atoms with Crippen LogP contribution in [-0.4, -0.2) is 26.9 Å². The average molecular weight is 248 g/mol. The van der Waals surface area contributed by atoms with Crippen LogP contribution in [0.1, 0.15) is 5.69 Å². The van der Waals surface area contributed by atoms with Crippen molar-refractivity contribution in [3.05, 3.63) is 16.4 Å². The lowest BCUT2D eigenvalue weighted by Crippen LogP contribution is -2.33. The molecule has 1 unspecified atom stereocenters. The monoisotopic (exact) mass is 247 g/mol. The number of aromatic nitrogens is 2. The topological polar surface area (TPSA) is 81.1 Å². The van der Waals surface area contributed by atoms with Gasteiger partial charge >= 0.3 is 5.97 Å². The molecular weight excluding hydrogens is 238 g/mol. The molecule has 0 amide bonds. The maximum absolute atomic E-state index is 10.5. The molecule has 0 saturated carbocycles. The van der Waals surface area contributed by atoms with Crippen molar-refractivity contribution in [3.8, 4) is 0 Å². The molecule has 1 atom stereocenters. The van der Waals surface area contributed by atoms with E-state index in [-0.39, 0.29) is 6.42 Å². The van der Waals surface area contributed by atoms with Crippen LogP contribution in [0.4, 0.5) is 0 Å². The fraction of sp³-hybridized carbons (Fsp3) is 0.429. The SMILES string of the molecule is Cn1ncc(Br)c1CC(N)C(=O)O. The Labute approximate surface area is 83.7 Å². The van der Waals surface area contributed by atoms with E-state index in [1.54, 1.807) is 17.9 Å². The molecule has 0 radical (unpaired) electrons. The van der Waals surface area contributed by atoms with Crippen molar-refractivity contribution in [1.29, 1.82) is 0 Å². The third kappa shape index (κ3) is 2.28. The molecule has 0 aliphatic carbocycles. The first-order valence-electron chi connectivity index (χ1n) is 3.67. The molecule has 6 heteroatoms. The van der Waals surface area contributed by atoms with E-state index in [1.165, 1.54) is 0 Å². The van der Waals surface area contributed by atoms with Crippen molar-refractivity contribution < 1.29 is 9.90 Å². The van der Waals surface area contributed by atoms with Gasteiger partial charge in [-0.05, 0) is 15.9 Å². The highest BCUT2D eigenvalue weighted by molar-refractivity contribution is 9.10. The van der Waals surface area contributed by atoms with E-state index in [1.807, 2.05) is 0 Å². The number of carboxylic acid groups (broad SMARTS) is 1. The minimum Gasteiger partial charge on any atom is -0.480 e. The van der Waals surface area contributed by atoms with Crippen molar-refractivity contribution in [1.82, 2.24) is 9.78 Å². The fourth-order valence-electron chi connectivity index (χ4n) is 0.961. The molecular formula is C7H10BrN3O2. The van der Waals surface area contributed by atoms with Crippen LogP contribution in [0, 0.1) is 0 Å². The standard InChI is InChI=1S/C7H10BrN3O2/c1-11-6(4(8)3-10-11)2-5(9)7(12)13/h3,5H,2,9H2,1H3,(H,12,13). The van der Waals surface area contributed by atoms with Gasteiger partial charge in [0.05, 0.1) is 16.4 Å². The predicted octanol–water partition coefficient (Wildman–Crippen LogP) is 0.137. The van der Waals surface area contributed by atoms with Gasteiger partial charge in [-0.2, -0.15) is 5.10 Å². The maximum Gasteiger partial charge on any atom is 0.320 e. The number of nitrogens with zero attached hydrogens (tertiary/aromatic N) is 2. The number of aryl methyl sites for hydroxylation is 1. The quantitative estimate of drug-likeness (QED) is 0.797. The van der Waals surface area contributed by atoms with Crippen molar-refractivity contribution in [2.45, 2.75) is 12.5 Å². The second-order valence-corrected chi connectivity index (χ2v) is 3.57. The Balaban J connectivity index is 2.79. The van der Waals surface area contributed by atoms with E-state index >= 15 is 0 Å². The molecule has 0 spiro atoms. The lowest BCUT2D eigenvalue weighted by Gasteiger charge is -2.06. The summed E-state index contributed by atoms with van der Waals surface area (Å²) in [6.07, 6.45) is 1.89. The van der Waals surface area contributed by atoms with Crippen molar-refractivity contribution in [2.75, 3.05) is 0 Å². The number of hydrogen-bond donors (Lipinski definition) is 2. The number of rotatable bonds is 3. The highest BCUT2D eigenvalue weighted by Crippen LogP contribution is 2.16. The van der Waals surface area contributed by atoms with Gasteiger partial charge in [-0.3, -0.25) is 9.48 Å². The molecule has 0 aliphatic rings. The lowest BCUT2D eigenvalue weighted by molar-refractivity contribution is -0.138. The first kappa shape index (κ1) is 10.2. The van der Waals surface area contributed by atoms with E-state index in [4.69, 9.17) is 10.8 Å². The Morgan fingerprint density at radius 1 is 1.92 bits per heavy atom. The van der Waals surface area contributed by atoms with Gasteiger partial charge in [0.2, 0.25) is 0 Å². The minimum absolute atomic E-state index is 0.270. The molecule has 0 aromatic carbocycles. The molecule has 5 nitrogen and oxygen atoms in total. The van der Waals surface area contributed by atoms with E-state index in [9.17, 15) is 4.79 Å². The molecule has 0 saturated heterocycles. The number of hydrogen-bond acceptors (Lipinski definition) is 3. The van der Waals surface area contributed by atoms with Crippen LogP contribution >= 0.6 is 15.9 Å². The summed E-state index contributed by atoms with van der Waals surface area (Å²) >= 11 is 3.26. The van der Waals surface area contributed by atoms with E-state index in [0.717, 1.165) is 10.2 Å². The Morgan fingerprint density at radius 2 is 2.54 bits per heavy atom. The Morgan fingerprint density at radius 3 is 2.92 bits per heavy atom. The van der Waals surface area contributed by atoms with Gasteiger partial charge in [-0.1, -0.05) is 0 Å². The third-order valence-corrected chi connectivity index (χ3v) is 2.40. The first-order valence-corrected chi connectivity index (χ1v) is 4.46. The van der Waals surface area contributed by atoms with E-state index in [0.29, 0.717) is 0 Å². The smallest absolute Gasteiger partial charge is 0.320 e. The van der Waals surface area contributed by atoms with Crippen LogP contribution < -0.4 is 5.73 Å². The molecule has 1 heterocycles. The molecule has 13 heavy (non-hydrogen) atoms. The highest BCUT2D eigenvalue weighted by atomic mass is 79.9. The van der Waals surface area contributed by atoms with Crippen LogP contribution in [-0.2, 0) is 18.3 Å². The highest BCUT2D eigenvalue weighted by Gasteiger charge is 2.16. The largest absolute Gasteiger partial charge is 0.480 e. The summed E-state index contributed by atoms with van der Waals surface area (Å²) in [5.41, 5.74) is 6.17. The zero-order valence-corrected chi connectivity index (χ0v) is 8.65. The normalized spacial score (nSPS) is 12.8. The summed E-state index contributed by atoms with van der Waals surface area (Å²) in [6.45, 7) is 0. The number of carboxylic acids is 1. The molecule has 1 rings (SSSR count). The Hall–Kier alpha value is -0.880. The summed E-state index contributed by atoms with van der Waals surface area (Å²) in [4.78, 5) is 10.5. The van der Waals surface area contributed by atoms with Crippen LogP contribution in [0.5, 0.6) is 0 Å². The van der Waals surface area contributed by atoms with Gasteiger partial charge in [0.15, 0.2) is 0 Å². The van der Waals surface area contributed by atoms with Crippen LogP contribution in [0.3, 0.4) is 0 Å². The van der Waals surface area contributed by atoms with Gasteiger partial charge in [0, 0.05) is 13.5 Å². The summed E-state index contributed by atoms with van der Waals surface area (Å²) < 4.78 is 2.39. The molecule has 0 fully saturated rings. The Bertz CT molecular complexity index is 304. The van der Waals surface area contributed by atoms with Gasteiger partial charge in [-0.15, -0.1) is 0 Å². The second-order valence-electron chi connectivity index (χ2n) is 2.71. The van der Waals surface area contributed by atoms with Crippen LogP contribution in [0.2, 0.25) is 0 Å². The third-order valence-electron chi connectivity index (χ3n) is 1.74. The number of nitrogens with two attached hydrogens (primary N) is 1. The van der Waals surface area contributed by atoms with Crippen LogP contribution in [0.15, 0.2) is 10.7 Å². The summed E-state index contributed by atoms with van der Waals surface area (Å²) in [5.74, 6) is -1.01. The van der Waals surface area contributed by atoms with Crippen molar-refractivity contribution >= 4 is 21.9 Å². The van der Waals surface area contributed by atoms with Gasteiger partial charge in [-0.25, -0.2) is 0 Å². The molecule has 0 bridgehead atoms. The number of aliphatic carboxylic acids is 1. The van der Waals surface area contributed by atoms with Crippen LogP contribution in [0.25, 0.3) is 0 Å². The second kappa shape index (κ2) is 3.89. The fourth-order valence-corrected chi connectivity index (χ4v) is 1.47. The molecule has 0 aliphatic heterocycles. The zero-order chi connectivity index (χ0) is 10.0. The molecule has 3 N–H and O–H groups in total. The molecule has 72 valence electrons. The predicted molar refractivity (Wildman–Crippen MR) is 50.2 cm³/mol. The first-order chi connectivity index (χ1) is 6.02. The number of carbonyl (C=O) groups is 1. The van der Waals surface area contributed by atoms with Crippen molar-refractivity contribution in [2.24, 2.45) is 12.8 Å². The lowest BCUT2D eigenvalue weighted by atomic mass is 10.2. The molecule has 1 aromatic rings. The summed E-state index contributed by atoms with van der Waals surface area (Å²) in [5, 5.41) is 12.5.